The molecule has 7 heteroatoms. The zero-order valence-corrected chi connectivity index (χ0v) is 21.1. The van der Waals surface area contributed by atoms with E-state index < -0.39 is 30.9 Å². The molecule has 0 saturated carbocycles. The number of hydrogen-bond acceptors (Lipinski definition) is 3. The van der Waals surface area contributed by atoms with Crippen LogP contribution in [0.1, 0.15) is 19.3 Å². The Labute approximate surface area is 139 Å². The Balaban J connectivity index is 5.36. The van der Waals surface area contributed by atoms with E-state index >= 15 is 0 Å². The van der Waals surface area contributed by atoms with Crippen molar-refractivity contribution in [2.24, 2.45) is 0 Å². The first kappa shape index (κ1) is 21.7. The molecule has 0 spiro atoms. The highest BCUT2D eigenvalue weighted by Crippen LogP contribution is 2.33. The summed E-state index contributed by atoms with van der Waals surface area (Å²) in [6.07, 6.45) is 3.25. The van der Waals surface area contributed by atoms with Crippen molar-refractivity contribution in [3.8, 4) is 0 Å². The summed E-state index contributed by atoms with van der Waals surface area (Å²) in [4.78, 5) is 0. The second-order valence-electron chi connectivity index (χ2n) is 8.78. The summed E-state index contributed by atoms with van der Waals surface area (Å²) in [7, 11) is -3.98. The number of rotatable bonds is 10. The summed E-state index contributed by atoms with van der Waals surface area (Å²) < 4.78 is 19.5. The molecule has 0 radical (unpaired) electrons. The van der Waals surface area contributed by atoms with Gasteiger partial charge in [-0.2, -0.15) is 0 Å². The molecule has 3 nitrogen and oxygen atoms in total. The van der Waals surface area contributed by atoms with Crippen LogP contribution in [0.4, 0.5) is 0 Å². The average Bonchev–Trinajstić information content (AvgIpc) is 2.08. The SMILES string of the molecule is C[Si](C)(C)OC(CCCC[SiH3])(O[Si](C)(C)C)O[Si](C)(C)C. The van der Waals surface area contributed by atoms with Gasteiger partial charge in [0, 0.05) is 16.7 Å². The largest absolute Gasteiger partial charge is 0.371 e. The summed E-state index contributed by atoms with van der Waals surface area (Å²) in [6.45, 7) is 20.0. The third-order valence-electron chi connectivity index (χ3n) is 2.47. The molecule has 0 aliphatic carbocycles. The molecule has 0 rings (SSSR count). The molecule has 21 heavy (non-hydrogen) atoms. The first-order valence-electron chi connectivity index (χ1n) is 8.29. The molecule has 0 fully saturated rings. The summed E-state index contributed by atoms with van der Waals surface area (Å²) in [5.74, 6) is -0.795. The van der Waals surface area contributed by atoms with Gasteiger partial charge in [-0.3, -0.25) is 0 Å². The van der Waals surface area contributed by atoms with Crippen LogP contribution in [0, 0.1) is 0 Å². The van der Waals surface area contributed by atoms with Crippen molar-refractivity contribution in [1.29, 1.82) is 0 Å². The van der Waals surface area contributed by atoms with E-state index in [0.717, 1.165) is 12.8 Å². The molecule has 0 amide bonds. The molecule has 0 unspecified atom stereocenters. The van der Waals surface area contributed by atoms with Gasteiger partial charge in [-0.15, -0.1) is 0 Å². The monoisotopic (exact) mass is 366 g/mol. The van der Waals surface area contributed by atoms with Gasteiger partial charge in [0.1, 0.15) is 0 Å². The van der Waals surface area contributed by atoms with Crippen molar-refractivity contribution in [2.75, 3.05) is 0 Å². The van der Waals surface area contributed by atoms with Gasteiger partial charge >= 0.3 is 0 Å². The van der Waals surface area contributed by atoms with Crippen LogP contribution in [-0.4, -0.2) is 41.2 Å². The molecular formula is C14H38O3Si4. The Morgan fingerprint density at radius 3 is 1.24 bits per heavy atom. The normalized spacial score (nSPS) is 14.7. The fourth-order valence-electron chi connectivity index (χ4n) is 2.21. The minimum atomic E-state index is -1.75. The molecule has 0 aliphatic heterocycles. The van der Waals surface area contributed by atoms with Gasteiger partial charge in [-0.05, 0) is 65.3 Å². The van der Waals surface area contributed by atoms with Gasteiger partial charge in [0.05, 0.1) is 0 Å². The van der Waals surface area contributed by atoms with E-state index in [4.69, 9.17) is 13.3 Å². The minimum absolute atomic E-state index is 0.795. The highest BCUT2D eigenvalue weighted by atomic mass is 28.4. The Hall–Kier alpha value is 0.748. The predicted octanol–water partition coefficient (Wildman–Crippen LogP) is 4.15. The van der Waals surface area contributed by atoms with E-state index in [1.165, 1.54) is 22.7 Å². The summed E-state index contributed by atoms with van der Waals surface area (Å²) >= 11 is 0. The van der Waals surface area contributed by atoms with Crippen molar-refractivity contribution >= 4 is 35.2 Å². The van der Waals surface area contributed by atoms with Crippen molar-refractivity contribution in [3.63, 3.8) is 0 Å². The standard InChI is InChI=1S/C14H38O3Si4/c1-19(2,3)15-14(12-10-11-13-18,16-20(4,5)6)17-21(7,8)9/h10-13H2,1-9,18H3. The van der Waals surface area contributed by atoms with Crippen LogP contribution >= 0.6 is 0 Å². The molecule has 0 bridgehead atoms. The van der Waals surface area contributed by atoms with Gasteiger partial charge < -0.3 is 13.3 Å². The lowest BCUT2D eigenvalue weighted by Gasteiger charge is -2.45. The fourth-order valence-corrected chi connectivity index (χ4v) is 6.31. The zero-order valence-electron chi connectivity index (χ0n) is 16.1. The van der Waals surface area contributed by atoms with Gasteiger partial charge in [0.2, 0.25) is 0 Å². The van der Waals surface area contributed by atoms with Gasteiger partial charge in [0.15, 0.2) is 25.0 Å². The maximum atomic E-state index is 6.50. The van der Waals surface area contributed by atoms with Crippen LogP contribution in [0.3, 0.4) is 0 Å². The lowest BCUT2D eigenvalue weighted by atomic mass is 10.2. The first-order valence-corrected chi connectivity index (χ1v) is 19.9. The van der Waals surface area contributed by atoms with Crippen LogP contribution in [0.25, 0.3) is 0 Å². The Bertz CT molecular complexity index is 262. The molecule has 0 heterocycles. The molecule has 0 aromatic heterocycles. The lowest BCUT2D eigenvalue weighted by molar-refractivity contribution is -0.274. The fraction of sp³-hybridized carbons (Fsp3) is 1.00. The van der Waals surface area contributed by atoms with E-state index in [1.807, 2.05) is 0 Å². The predicted molar refractivity (Wildman–Crippen MR) is 105 cm³/mol. The maximum Gasteiger partial charge on any atom is 0.254 e. The van der Waals surface area contributed by atoms with E-state index in [0.29, 0.717) is 0 Å². The summed E-state index contributed by atoms with van der Waals surface area (Å²) in [5.41, 5.74) is 0. The minimum Gasteiger partial charge on any atom is -0.371 e. The first-order chi connectivity index (χ1) is 9.18. The van der Waals surface area contributed by atoms with Crippen LogP contribution in [0.2, 0.25) is 65.0 Å². The quantitative estimate of drug-likeness (QED) is 0.330. The van der Waals surface area contributed by atoms with Gasteiger partial charge in [-0.1, -0.05) is 12.5 Å². The maximum absolute atomic E-state index is 6.50. The van der Waals surface area contributed by atoms with Crippen molar-refractivity contribution in [1.82, 2.24) is 0 Å². The highest BCUT2D eigenvalue weighted by molar-refractivity contribution is 6.72. The second kappa shape index (κ2) is 8.03. The third-order valence-corrected chi connectivity index (χ3v) is 5.95. The van der Waals surface area contributed by atoms with Gasteiger partial charge in [-0.25, -0.2) is 0 Å². The van der Waals surface area contributed by atoms with E-state index in [1.54, 1.807) is 0 Å². The summed E-state index contributed by atoms with van der Waals surface area (Å²) in [5, 5.41) is 0. The Kier molecular flexibility index (Phi) is 8.31. The summed E-state index contributed by atoms with van der Waals surface area (Å²) in [6, 6.07) is 1.34. The van der Waals surface area contributed by atoms with Gasteiger partial charge in [0.25, 0.3) is 5.97 Å². The lowest BCUT2D eigenvalue weighted by Crippen LogP contribution is -2.55. The smallest absolute Gasteiger partial charge is 0.254 e. The van der Waals surface area contributed by atoms with E-state index in [-0.39, 0.29) is 0 Å². The topological polar surface area (TPSA) is 27.7 Å². The average molecular weight is 367 g/mol. The molecule has 128 valence electrons. The van der Waals surface area contributed by atoms with Crippen LogP contribution in [0.15, 0.2) is 0 Å². The van der Waals surface area contributed by atoms with Crippen molar-refractivity contribution in [2.45, 2.75) is 90.2 Å². The second-order valence-corrected chi connectivity index (χ2v) is 23.1. The zero-order chi connectivity index (χ0) is 16.9. The van der Waals surface area contributed by atoms with Crippen molar-refractivity contribution in [3.05, 3.63) is 0 Å². The molecule has 0 aromatic carbocycles. The van der Waals surface area contributed by atoms with E-state index in [2.05, 4.69) is 58.9 Å². The molecule has 0 saturated heterocycles. The molecular weight excluding hydrogens is 328 g/mol. The third kappa shape index (κ3) is 11.9. The van der Waals surface area contributed by atoms with Crippen LogP contribution in [-0.2, 0) is 13.3 Å². The molecule has 0 atom stereocenters. The Morgan fingerprint density at radius 2 is 1.00 bits per heavy atom. The van der Waals surface area contributed by atoms with Crippen LogP contribution in [0.5, 0.6) is 0 Å². The van der Waals surface area contributed by atoms with Crippen molar-refractivity contribution < 1.29 is 13.3 Å². The molecule has 0 aliphatic rings. The number of hydrogen-bond donors (Lipinski definition) is 0. The highest BCUT2D eigenvalue weighted by Gasteiger charge is 2.44. The molecule has 0 aromatic rings. The number of unbranched alkanes of at least 4 members (excludes halogenated alkanes) is 1. The Morgan fingerprint density at radius 1 is 0.667 bits per heavy atom. The molecule has 0 N–H and O–H groups in total. The van der Waals surface area contributed by atoms with E-state index in [9.17, 15) is 0 Å². The van der Waals surface area contributed by atoms with Crippen LogP contribution < -0.4 is 0 Å².